The number of aliphatic carboxylic acids is 1. The summed E-state index contributed by atoms with van der Waals surface area (Å²) in [4.78, 5) is 21.8. The third kappa shape index (κ3) is 7.05. The van der Waals surface area contributed by atoms with Crippen LogP contribution in [-0.2, 0) is 9.59 Å². The molecule has 3 rings (SSSR count). The van der Waals surface area contributed by atoms with Crippen molar-refractivity contribution >= 4 is 17.6 Å². The topological polar surface area (TPSA) is 69.2 Å². The molecule has 33 heavy (non-hydrogen) atoms. The molecular formula is C25H31F3N2O3. The van der Waals surface area contributed by atoms with Crippen LogP contribution in [0.2, 0.25) is 0 Å². The Morgan fingerprint density at radius 2 is 1.61 bits per heavy atom. The Hall–Kier alpha value is -2.87. The number of nitrogens with zero attached hydrogens (tertiary/aromatic N) is 1. The highest BCUT2D eigenvalue weighted by Crippen LogP contribution is 2.37. The highest BCUT2D eigenvalue weighted by molar-refractivity contribution is 5.93. The minimum atomic E-state index is -5.19. The molecule has 5 nitrogen and oxygen atoms in total. The number of likely N-dealkylation sites (tertiary alicyclic amines) is 1. The molecule has 1 heterocycles. The highest BCUT2D eigenvalue weighted by Gasteiger charge is 2.40. The van der Waals surface area contributed by atoms with Gasteiger partial charge in [0.2, 0.25) is 0 Å². The van der Waals surface area contributed by atoms with Gasteiger partial charge < -0.3 is 19.7 Å². The number of piperidine rings is 1. The van der Waals surface area contributed by atoms with Gasteiger partial charge in [-0.05, 0) is 44.7 Å². The lowest BCUT2D eigenvalue weighted by molar-refractivity contribution is -0.953. The normalized spacial score (nSPS) is 20.4. The maximum absolute atomic E-state index is 13.0. The largest absolute Gasteiger partial charge is 0.542 e. The number of hydrogen-bond acceptors (Lipinski definition) is 3. The van der Waals surface area contributed by atoms with Crippen molar-refractivity contribution in [2.24, 2.45) is 0 Å². The molecule has 1 aliphatic rings. The van der Waals surface area contributed by atoms with E-state index < -0.39 is 12.1 Å². The molecule has 0 bridgehead atoms. The van der Waals surface area contributed by atoms with Crippen LogP contribution in [0.3, 0.4) is 0 Å². The molecule has 2 aromatic rings. The summed E-state index contributed by atoms with van der Waals surface area (Å²) >= 11 is 0. The molecule has 1 aliphatic heterocycles. The molecule has 1 fully saturated rings. The first-order valence-corrected chi connectivity index (χ1v) is 11.0. The molecule has 1 amide bonds. The number of likely N-dealkylation sites (N-methyl/N-ethyl adjacent to an activating group) is 1. The van der Waals surface area contributed by atoms with Crippen molar-refractivity contribution in [3.8, 4) is 0 Å². The van der Waals surface area contributed by atoms with Gasteiger partial charge in [-0.3, -0.25) is 4.79 Å². The number of rotatable bonds is 5. The number of carbonyl (C=O) groups is 2. The maximum Gasteiger partial charge on any atom is 0.430 e. The van der Waals surface area contributed by atoms with Gasteiger partial charge in [-0.15, -0.1) is 0 Å². The number of halogens is 3. The number of para-hydroxylation sites is 1. The van der Waals surface area contributed by atoms with E-state index in [0.29, 0.717) is 12.6 Å². The van der Waals surface area contributed by atoms with E-state index >= 15 is 0 Å². The number of alkyl halides is 3. The summed E-state index contributed by atoms with van der Waals surface area (Å²) < 4.78 is 32.4. The van der Waals surface area contributed by atoms with E-state index in [-0.39, 0.29) is 5.91 Å². The van der Waals surface area contributed by atoms with Gasteiger partial charge in [-0.1, -0.05) is 48.5 Å². The van der Waals surface area contributed by atoms with E-state index in [1.165, 1.54) is 18.4 Å². The summed E-state index contributed by atoms with van der Waals surface area (Å²) in [6.07, 6.45) is -1.58. The number of benzene rings is 2. The molecule has 180 valence electrons. The first-order chi connectivity index (χ1) is 15.5. The fraction of sp³-hybridized carbons (Fsp3) is 0.440. The van der Waals surface area contributed by atoms with E-state index in [1.807, 2.05) is 6.07 Å². The van der Waals surface area contributed by atoms with Crippen LogP contribution in [0, 0.1) is 13.8 Å². The lowest BCUT2D eigenvalue weighted by atomic mass is 9.91. The molecule has 0 aromatic heterocycles. The molecule has 8 heteroatoms. The predicted octanol–water partition coefficient (Wildman–Crippen LogP) is 4.30. The zero-order valence-corrected chi connectivity index (χ0v) is 19.2. The van der Waals surface area contributed by atoms with Crippen LogP contribution in [0.4, 0.5) is 18.9 Å². The fourth-order valence-electron chi connectivity index (χ4n) is 4.51. The Morgan fingerprint density at radius 3 is 2.12 bits per heavy atom. The number of carboxylic acids is 1. The van der Waals surface area contributed by atoms with Gasteiger partial charge in [0.1, 0.15) is 12.0 Å². The predicted molar refractivity (Wildman–Crippen MR) is 119 cm³/mol. The molecule has 2 atom stereocenters. The van der Waals surface area contributed by atoms with Crippen LogP contribution in [0.5, 0.6) is 0 Å². The maximum atomic E-state index is 13.0. The van der Waals surface area contributed by atoms with Crippen LogP contribution in [0.15, 0.2) is 48.5 Å². The Labute approximate surface area is 192 Å². The average molecular weight is 465 g/mol. The van der Waals surface area contributed by atoms with Crippen molar-refractivity contribution in [1.82, 2.24) is 0 Å². The third-order valence-electron chi connectivity index (χ3n) is 6.24. The number of hydrogen-bond donors (Lipinski definition) is 1. The molecule has 0 saturated carbocycles. The van der Waals surface area contributed by atoms with Crippen molar-refractivity contribution in [3.63, 3.8) is 0 Å². The van der Waals surface area contributed by atoms with E-state index in [0.717, 1.165) is 40.8 Å². The van der Waals surface area contributed by atoms with Crippen molar-refractivity contribution in [3.05, 3.63) is 65.2 Å². The molecule has 0 radical (unpaired) electrons. The summed E-state index contributed by atoms with van der Waals surface area (Å²) in [5.41, 5.74) is 4.59. The van der Waals surface area contributed by atoms with Crippen LogP contribution >= 0.6 is 0 Å². The molecular weight excluding hydrogens is 433 g/mol. The first kappa shape index (κ1) is 26.4. The number of nitrogens with one attached hydrogen (secondary N) is 1. The Kier molecular flexibility index (Phi) is 9.05. The quantitative estimate of drug-likeness (QED) is 0.671. The summed E-state index contributed by atoms with van der Waals surface area (Å²) in [7, 11) is 0. The van der Waals surface area contributed by atoms with Gasteiger partial charge in [-0.25, -0.2) is 0 Å². The van der Waals surface area contributed by atoms with Gasteiger partial charge in [0.25, 0.3) is 5.91 Å². The molecule has 1 saturated heterocycles. The van der Waals surface area contributed by atoms with E-state index in [2.05, 4.69) is 68.6 Å². The second kappa shape index (κ2) is 11.3. The molecule has 2 unspecified atom stereocenters. The van der Waals surface area contributed by atoms with Gasteiger partial charge in [0.05, 0.1) is 13.1 Å². The standard InChI is InChI=1S/C23H30N2O.C2HF3O2/c1-4-25(16-9-8-15-21(25)20-13-6-5-7-14-20)17-22(26)24-23-18(2)11-10-12-19(23)3;3-2(4,5)1(6)7/h5-7,10-14,21H,4,8-9,15-17H2,1-3H3;(H,6,7). The minimum absolute atomic E-state index is 0.132. The number of quaternary nitrogens is 1. The SMILES string of the molecule is CC[N+]1(CC(=O)Nc2c(C)cccc2C)CCCCC1c1ccccc1.O=C([O-])C(F)(F)F. The molecule has 1 N–H and O–H groups in total. The molecule has 2 aromatic carbocycles. The van der Waals surface area contributed by atoms with Crippen molar-refractivity contribution in [2.75, 3.05) is 25.0 Å². The van der Waals surface area contributed by atoms with Crippen molar-refractivity contribution in [2.45, 2.75) is 52.3 Å². The van der Waals surface area contributed by atoms with E-state index in [4.69, 9.17) is 9.90 Å². The van der Waals surface area contributed by atoms with Crippen LogP contribution < -0.4 is 10.4 Å². The molecule has 0 aliphatic carbocycles. The van der Waals surface area contributed by atoms with E-state index in [9.17, 15) is 18.0 Å². The Bertz CT molecular complexity index is 927. The van der Waals surface area contributed by atoms with Crippen LogP contribution in [0.25, 0.3) is 0 Å². The second-order valence-electron chi connectivity index (χ2n) is 8.44. The smallest absolute Gasteiger partial charge is 0.430 e. The first-order valence-electron chi connectivity index (χ1n) is 11.0. The van der Waals surface area contributed by atoms with E-state index in [1.54, 1.807) is 0 Å². The Morgan fingerprint density at radius 1 is 1.03 bits per heavy atom. The summed E-state index contributed by atoms with van der Waals surface area (Å²) in [6, 6.07) is 17.3. The Balaban J connectivity index is 0.000000479. The number of aryl methyl sites for hydroxylation is 2. The zero-order chi connectivity index (χ0) is 24.6. The average Bonchev–Trinajstić information content (AvgIpc) is 2.77. The monoisotopic (exact) mass is 464 g/mol. The van der Waals surface area contributed by atoms with Gasteiger partial charge >= 0.3 is 6.18 Å². The number of anilines is 1. The van der Waals surface area contributed by atoms with Gasteiger partial charge in [-0.2, -0.15) is 13.2 Å². The van der Waals surface area contributed by atoms with Crippen molar-refractivity contribution < 1.29 is 32.3 Å². The number of carbonyl (C=O) groups excluding carboxylic acids is 2. The van der Waals surface area contributed by atoms with Gasteiger partial charge in [0, 0.05) is 17.7 Å². The fourth-order valence-corrected chi connectivity index (χ4v) is 4.51. The van der Waals surface area contributed by atoms with Crippen LogP contribution in [0.1, 0.15) is 48.9 Å². The number of amides is 1. The van der Waals surface area contributed by atoms with Crippen molar-refractivity contribution in [1.29, 1.82) is 0 Å². The highest BCUT2D eigenvalue weighted by atomic mass is 19.4. The summed E-state index contributed by atoms with van der Waals surface area (Å²) in [5.74, 6) is -2.88. The summed E-state index contributed by atoms with van der Waals surface area (Å²) in [6.45, 7) is 8.95. The lowest BCUT2D eigenvalue weighted by Gasteiger charge is -2.47. The second-order valence-corrected chi connectivity index (χ2v) is 8.44. The molecule has 0 spiro atoms. The lowest BCUT2D eigenvalue weighted by Crippen LogP contribution is -2.56. The minimum Gasteiger partial charge on any atom is -0.542 e. The van der Waals surface area contributed by atoms with Gasteiger partial charge in [0.15, 0.2) is 6.54 Å². The number of carboxylic acid groups (broad SMARTS) is 1. The van der Waals surface area contributed by atoms with Crippen LogP contribution in [-0.4, -0.2) is 42.2 Å². The summed E-state index contributed by atoms with van der Waals surface area (Å²) in [5, 5.41) is 12.0. The third-order valence-corrected chi connectivity index (χ3v) is 6.24. The zero-order valence-electron chi connectivity index (χ0n) is 19.2.